The van der Waals surface area contributed by atoms with E-state index in [0.717, 1.165) is 52.0 Å². The Kier molecular flexibility index (Phi) is 8.54. The molecule has 2 heterocycles. The average Bonchev–Trinajstić information content (AvgIpc) is 2.89. The molecule has 0 bridgehead atoms. The zero-order valence-electron chi connectivity index (χ0n) is 22.9. The van der Waals surface area contributed by atoms with Gasteiger partial charge in [0.05, 0.1) is 11.6 Å². The van der Waals surface area contributed by atoms with E-state index in [4.69, 9.17) is 0 Å². The summed E-state index contributed by atoms with van der Waals surface area (Å²) in [7, 11) is 0. The number of benzene rings is 1. The first-order valence-electron chi connectivity index (χ1n) is 13.8. The number of carbonyl (C=O) groups is 2. The van der Waals surface area contributed by atoms with Crippen LogP contribution in [0.15, 0.2) is 48.6 Å². The number of amides is 2. The minimum Gasteiger partial charge on any atom is -0.343 e. The van der Waals surface area contributed by atoms with Crippen molar-refractivity contribution in [3.05, 3.63) is 59.7 Å². The summed E-state index contributed by atoms with van der Waals surface area (Å²) in [5, 5.41) is 9.29. The van der Waals surface area contributed by atoms with Gasteiger partial charge in [-0.1, -0.05) is 57.2 Å². The first-order valence-corrected chi connectivity index (χ1v) is 13.8. The van der Waals surface area contributed by atoms with Crippen LogP contribution in [0.4, 0.5) is 0 Å². The van der Waals surface area contributed by atoms with Gasteiger partial charge in [-0.2, -0.15) is 5.26 Å². The van der Waals surface area contributed by atoms with Crippen LogP contribution in [0.2, 0.25) is 0 Å². The molecule has 0 saturated carbocycles. The van der Waals surface area contributed by atoms with Gasteiger partial charge >= 0.3 is 0 Å². The third kappa shape index (κ3) is 6.51. The van der Waals surface area contributed by atoms with Gasteiger partial charge in [-0.15, -0.1) is 0 Å². The van der Waals surface area contributed by atoms with Crippen molar-refractivity contribution in [2.24, 2.45) is 17.3 Å². The average molecular weight is 503 g/mol. The first kappa shape index (κ1) is 27.1. The Morgan fingerprint density at radius 2 is 1.76 bits per heavy atom. The Bertz CT molecular complexity index is 1050. The van der Waals surface area contributed by atoms with E-state index in [2.05, 4.69) is 73.1 Å². The lowest BCUT2D eigenvalue weighted by atomic mass is 9.81. The van der Waals surface area contributed by atoms with Gasteiger partial charge in [0.15, 0.2) is 0 Å². The van der Waals surface area contributed by atoms with Gasteiger partial charge in [-0.25, -0.2) is 0 Å². The quantitative estimate of drug-likeness (QED) is 0.572. The van der Waals surface area contributed by atoms with Crippen LogP contribution in [0.25, 0.3) is 0 Å². The summed E-state index contributed by atoms with van der Waals surface area (Å²) in [5.41, 5.74) is 1.86. The summed E-state index contributed by atoms with van der Waals surface area (Å²) in [5.74, 6) is 1.10. The van der Waals surface area contributed by atoms with E-state index in [-0.39, 0.29) is 29.3 Å². The molecule has 3 atom stereocenters. The molecule has 0 aromatic heterocycles. The summed E-state index contributed by atoms with van der Waals surface area (Å²) in [6, 6.07) is 10.6. The summed E-state index contributed by atoms with van der Waals surface area (Å²) >= 11 is 0. The predicted octanol–water partition coefficient (Wildman–Crippen LogP) is 4.94. The zero-order chi connectivity index (χ0) is 26.6. The maximum Gasteiger partial charge on any atom is 0.223 e. The minimum atomic E-state index is -0.0517. The van der Waals surface area contributed by atoms with Crippen molar-refractivity contribution >= 4 is 11.8 Å². The normalized spacial score (nSPS) is 24.1. The highest BCUT2D eigenvalue weighted by atomic mass is 16.2. The Morgan fingerprint density at radius 1 is 1.05 bits per heavy atom. The molecule has 3 aliphatic rings. The lowest BCUT2D eigenvalue weighted by molar-refractivity contribution is -0.142. The lowest BCUT2D eigenvalue weighted by Gasteiger charge is -2.50. The molecule has 0 spiro atoms. The molecule has 1 aromatic carbocycles. The summed E-state index contributed by atoms with van der Waals surface area (Å²) < 4.78 is 0. The molecular weight excluding hydrogens is 460 g/mol. The Balaban J connectivity index is 1.50. The van der Waals surface area contributed by atoms with Crippen molar-refractivity contribution in [3.8, 4) is 6.07 Å². The molecule has 6 nitrogen and oxygen atoms in total. The molecule has 0 radical (unpaired) electrons. The van der Waals surface area contributed by atoms with Gasteiger partial charge < -0.3 is 9.80 Å². The second-order valence-corrected chi connectivity index (χ2v) is 12.0. The van der Waals surface area contributed by atoms with E-state index >= 15 is 0 Å². The Morgan fingerprint density at radius 3 is 2.32 bits per heavy atom. The van der Waals surface area contributed by atoms with Gasteiger partial charge in [0.2, 0.25) is 11.8 Å². The zero-order valence-corrected chi connectivity index (χ0v) is 22.9. The minimum absolute atomic E-state index is 0.0517. The summed E-state index contributed by atoms with van der Waals surface area (Å²) in [6.07, 6.45) is 12.2. The number of nitrogens with zero attached hydrogens (tertiary/aromatic N) is 4. The highest BCUT2D eigenvalue weighted by molar-refractivity contribution is 5.77. The number of piperazine rings is 1. The first-order chi connectivity index (χ1) is 17.7. The fourth-order valence-electron chi connectivity index (χ4n) is 6.23. The second-order valence-electron chi connectivity index (χ2n) is 12.0. The molecular formula is C31H42N4O2. The van der Waals surface area contributed by atoms with Crippen molar-refractivity contribution in [3.63, 3.8) is 0 Å². The van der Waals surface area contributed by atoms with E-state index in [1.165, 1.54) is 5.56 Å². The molecule has 0 N–H and O–H groups in total. The number of allylic oxidation sites excluding steroid dienone is 3. The summed E-state index contributed by atoms with van der Waals surface area (Å²) in [4.78, 5) is 31.9. The highest BCUT2D eigenvalue weighted by Gasteiger charge is 2.41. The third-order valence-corrected chi connectivity index (χ3v) is 8.45. The molecule has 2 saturated heterocycles. The number of likely N-dealkylation sites (tertiary alicyclic amines) is 1. The predicted molar refractivity (Wildman–Crippen MR) is 146 cm³/mol. The van der Waals surface area contributed by atoms with Gasteiger partial charge in [0.25, 0.3) is 0 Å². The van der Waals surface area contributed by atoms with Crippen LogP contribution < -0.4 is 0 Å². The van der Waals surface area contributed by atoms with Crippen molar-refractivity contribution in [1.82, 2.24) is 14.7 Å². The molecule has 1 aliphatic carbocycles. The summed E-state index contributed by atoms with van der Waals surface area (Å²) in [6.45, 7) is 12.3. The molecule has 198 valence electrons. The molecule has 2 unspecified atom stereocenters. The second kappa shape index (κ2) is 11.6. The van der Waals surface area contributed by atoms with Crippen LogP contribution in [0.1, 0.15) is 70.5 Å². The number of rotatable bonds is 5. The molecule has 6 heteroatoms. The Labute approximate surface area is 222 Å². The SMILES string of the molecule is CC(=O)N1CCC(CC(=O)N2CCN(C(c3ccc(C#N)cc3)C3C=CC=CC3)C[C@@H]2C(C)(C)C)CC1. The number of hydrogen-bond acceptors (Lipinski definition) is 4. The standard InChI is InChI=1S/C31H42N4O2/c1-23(36)33-16-14-24(15-17-33)20-29(37)35-19-18-34(22-28(35)31(2,3)4)30(26-8-6-5-7-9-26)27-12-10-25(21-32)11-13-27/h5-8,10-13,24,26,28,30H,9,14-20,22H2,1-4H3/t26?,28-,30?/m1/s1. The van der Waals surface area contributed by atoms with Gasteiger partial charge in [0.1, 0.15) is 0 Å². The number of carbonyl (C=O) groups excluding carboxylic acids is 2. The van der Waals surface area contributed by atoms with Crippen LogP contribution in [-0.2, 0) is 9.59 Å². The maximum atomic E-state index is 13.6. The Hall–Kier alpha value is -2.91. The van der Waals surface area contributed by atoms with E-state index < -0.39 is 0 Å². The van der Waals surface area contributed by atoms with E-state index in [1.54, 1.807) is 6.92 Å². The van der Waals surface area contributed by atoms with Crippen molar-refractivity contribution in [2.75, 3.05) is 32.7 Å². The fraction of sp³-hybridized carbons (Fsp3) is 0.581. The number of hydrogen-bond donors (Lipinski definition) is 0. The van der Waals surface area contributed by atoms with E-state index in [9.17, 15) is 14.9 Å². The van der Waals surface area contributed by atoms with Crippen molar-refractivity contribution in [1.29, 1.82) is 5.26 Å². The third-order valence-electron chi connectivity index (χ3n) is 8.45. The largest absolute Gasteiger partial charge is 0.343 e. The maximum absolute atomic E-state index is 13.6. The number of piperidine rings is 1. The molecule has 2 aliphatic heterocycles. The lowest BCUT2D eigenvalue weighted by Crippen LogP contribution is -2.60. The van der Waals surface area contributed by atoms with E-state index in [0.29, 0.717) is 23.8 Å². The van der Waals surface area contributed by atoms with Gasteiger partial charge in [-0.05, 0) is 48.3 Å². The van der Waals surface area contributed by atoms with Crippen molar-refractivity contribution in [2.45, 2.75) is 65.5 Å². The monoisotopic (exact) mass is 502 g/mol. The van der Waals surface area contributed by atoms with Crippen LogP contribution in [0.5, 0.6) is 0 Å². The molecule has 2 fully saturated rings. The van der Waals surface area contributed by atoms with Crippen LogP contribution in [-0.4, -0.2) is 65.3 Å². The molecule has 2 amide bonds. The molecule has 37 heavy (non-hydrogen) atoms. The molecule has 4 rings (SSSR count). The smallest absolute Gasteiger partial charge is 0.223 e. The van der Waals surface area contributed by atoms with Crippen LogP contribution in [0, 0.1) is 28.6 Å². The molecule has 1 aromatic rings. The topological polar surface area (TPSA) is 67.7 Å². The van der Waals surface area contributed by atoms with Gasteiger partial charge in [-0.3, -0.25) is 14.5 Å². The van der Waals surface area contributed by atoms with Crippen LogP contribution >= 0.6 is 0 Å². The highest BCUT2D eigenvalue weighted by Crippen LogP contribution is 2.38. The van der Waals surface area contributed by atoms with Gasteiger partial charge in [0, 0.05) is 64.1 Å². The van der Waals surface area contributed by atoms with E-state index in [1.807, 2.05) is 17.0 Å². The number of nitriles is 1. The van der Waals surface area contributed by atoms with Crippen molar-refractivity contribution < 1.29 is 9.59 Å². The fourth-order valence-corrected chi connectivity index (χ4v) is 6.23. The van der Waals surface area contributed by atoms with Crippen LogP contribution in [0.3, 0.4) is 0 Å².